The highest BCUT2D eigenvalue weighted by atomic mass is 16.5. The van der Waals surface area contributed by atoms with Gasteiger partial charge in [-0.25, -0.2) is 9.50 Å². The highest BCUT2D eigenvalue weighted by Crippen LogP contribution is 2.27. The Balaban J connectivity index is 1.33. The lowest BCUT2D eigenvalue weighted by molar-refractivity contribution is 0.309. The van der Waals surface area contributed by atoms with Crippen molar-refractivity contribution < 1.29 is 4.74 Å². The average Bonchev–Trinajstić information content (AvgIpc) is 3.30. The van der Waals surface area contributed by atoms with Crippen LogP contribution in [0.2, 0.25) is 0 Å². The lowest BCUT2D eigenvalue weighted by Crippen LogP contribution is -2.47. The molecule has 0 N–H and O–H groups in total. The Kier molecular flexibility index (Phi) is 5.92. The molecule has 1 fully saturated rings. The molecule has 6 heteroatoms. The smallest absolute Gasteiger partial charge is 0.154 e. The van der Waals surface area contributed by atoms with Gasteiger partial charge >= 0.3 is 0 Å². The van der Waals surface area contributed by atoms with Gasteiger partial charge in [-0.2, -0.15) is 5.10 Å². The summed E-state index contributed by atoms with van der Waals surface area (Å²) < 4.78 is 7.73. The van der Waals surface area contributed by atoms with Crippen LogP contribution in [0.4, 0.5) is 11.5 Å². The van der Waals surface area contributed by atoms with Gasteiger partial charge in [-0.1, -0.05) is 31.5 Å². The Labute approximate surface area is 189 Å². The Hall–Kier alpha value is -3.54. The molecule has 0 radical (unpaired) electrons. The first-order chi connectivity index (χ1) is 15.8. The van der Waals surface area contributed by atoms with E-state index in [1.165, 1.54) is 5.69 Å². The monoisotopic (exact) mass is 427 g/mol. The molecule has 0 bridgehead atoms. The molecule has 0 aliphatic carbocycles. The van der Waals surface area contributed by atoms with Gasteiger partial charge in [-0.05, 0) is 48.9 Å². The Bertz CT molecular complexity index is 1150. The summed E-state index contributed by atoms with van der Waals surface area (Å²) in [5, 5.41) is 4.80. The third-order valence-electron chi connectivity index (χ3n) is 5.99. The largest absolute Gasteiger partial charge is 0.494 e. The third kappa shape index (κ3) is 4.26. The predicted octanol–water partition coefficient (Wildman–Crippen LogP) is 4.90. The van der Waals surface area contributed by atoms with E-state index < -0.39 is 0 Å². The van der Waals surface area contributed by atoms with E-state index in [1.807, 2.05) is 29.0 Å². The first kappa shape index (κ1) is 20.4. The number of fused-ring (bicyclic) bond motifs is 1. The zero-order valence-electron chi connectivity index (χ0n) is 18.5. The van der Waals surface area contributed by atoms with Crippen molar-refractivity contribution in [2.45, 2.75) is 19.8 Å². The number of unbranched alkanes of at least 4 members (excludes halogenated alkanes) is 1. The number of hydrogen-bond donors (Lipinski definition) is 0. The lowest BCUT2D eigenvalue weighted by Gasteiger charge is -2.36. The zero-order chi connectivity index (χ0) is 21.8. The van der Waals surface area contributed by atoms with Crippen LogP contribution in [-0.2, 0) is 0 Å². The summed E-state index contributed by atoms with van der Waals surface area (Å²) in [6.45, 7) is 6.76. The van der Waals surface area contributed by atoms with Gasteiger partial charge in [0.25, 0.3) is 0 Å². The molecule has 3 heterocycles. The quantitative estimate of drug-likeness (QED) is 0.393. The molecule has 0 unspecified atom stereocenters. The highest BCUT2D eigenvalue weighted by Gasteiger charge is 2.21. The Morgan fingerprint density at radius 3 is 2.41 bits per heavy atom. The maximum absolute atomic E-state index is 5.79. The van der Waals surface area contributed by atoms with Crippen molar-refractivity contribution >= 4 is 17.0 Å². The summed E-state index contributed by atoms with van der Waals surface area (Å²) in [4.78, 5) is 9.52. The van der Waals surface area contributed by atoms with Crippen LogP contribution in [0.25, 0.3) is 16.8 Å². The SMILES string of the molecule is CCCCOc1ccc(-c2cc3c(N4CCN(c5ccccc5)CC4)nccn3n2)cc1. The number of para-hydroxylation sites is 1. The number of aromatic nitrogens is 3. The second-order valence-corrected chi connectivity index (χ2v) is 8.15. The van der Waals surface area contributed by atoms with Crippen LogP contribution in [0.3, 0.4) is 0 Å². The van der Waals surface area contributed by atoms with E-state index >= 15 is 0 Å². The van der Waals surface area contributed by atoms with E-state index in [4.69, 9.17) is 14.8 Å². The molecule has 32 heavy (non-hydrogen) atoms. The van der Waals surface area contributed by atoms with E-state index in [2.05, 4.69) is 65.3 Å². The predicted molar refractivity (Wildman–Crippen MR) is 130 cm³/mol. The maximum Gasteiger partial charge on any atom is 0.154 e. The third-order valence-corrected chi connectivity index (χ3v) is 5.99. The van der Waals surface area contributed by atoms with Crippen molar-refractivity contribution in [1.82, 2.24) is 14.6 Å². The molecule has 1 saturated heterocycles. The van der Waals surface area contributed by atoms with Crippen molar-refractivity contribution in [3.05, 3.63) is 73.1 Å². The Morgan fingerprint density at radius 1 is 0.906 bits per heavy atom. The summed E-state index contributed by atoms with van der Waals surface area (Å²) in [7, 11) is 0. The average molecular weight is 428 g/mol. The fourth-order valence-electron chi connectivity index (χ4n) is 4.16. The van der Waals surface area contributed by atoms with Crippen molar-refractivity contribution in [3.8, 4) is 17.0 Å². The summed E-state index contributed by atoms with van der Waals surface area (Å²) in [6.07, 6.45) is 5.97. The van der Waals surface area contributed by atoms with Gasteiger partial charge < -0.3 is 14.5 Å². The minimum atomic E-state index is 0.761. The fourth-order valence-corrected chi connectivity index (χ4v) is 4.16. The normalized spacial score (nSPS) is 14.2. The van der Waals surface area contributed by atoms with Crippen LogP contribution < -0.4 is 14.5 Å². The van der Waals surface area contributed by atoms with Gasteiger partial charge in [-0.15, -0.1) is 0 Å². The van der Waals surface area contributed by atoms with Crippen LogP contribution in [-0.4, -0.2) is 47.4 Å². The number of benzene rings is 2. The van der Waals surface area contributed by atoms with Gasteiger partial charge in [0.15, 0.2) is 5.82 Å². The number of hydrogen-bond acceptors (Lipinski definition) is 5. The van der Waals surface area contributed by atoms with E-state index in [0.29, 0.717) is 0 Å². The van der Waals surface area contributed by atoms with Gasteiger partial charge in [0, 0.05) is 49.8 Å². The van der Waals surface area contributed by atoms with Crippen molar-refractivity contribution in [1.29, 1.82) is 0 Å². The maximum atomic E-state index is 5.79. The first-order valence-corrected chi connectivity index (χ1v) is 11.4. The van der Waals surface area contributed by atoms with E-state index in [-0.39, 0.29) is 0 Å². The second kappa shape index (κ2) is 9.30. The molecular weight excluding hydrogens is 398 g/mol. The van der Waals surface area contributed by atoms with Gasteiger partial charge in [0.05, 0.1) is 12.3 Å². The Morgan fingerprint density at radius 2 is 1.66 bits per heavy atom. The van der Waals surface area contributed by atoms with E-state index in [0.717, 1.165) is 74.0 Å². The first-order valence-electron chi connectivity index (χ1n) is 11.4. The van der Waals surface area contributed by atoms with Gasteiger partial charge in [0.2, 0.25) is 0 Å². The molecule has 6 nitrogen and oxygen atoms in total. The van der Waals surface area contributed by atoms with E-state index in [9.17, 15) is 0 Å². The number of nitrogens with zero attached hydrogens (tertiary/aromatic N) is 5. The lowest BCUT2D eigenvalue weighted by atomic mass is 10.1. The molecule has 0 amide bonds. The topological polar surface area (TPSA) is 45.9 Å². The number of ether oxygens (including phenoxy) is 1. The molecule has 2 aromatic carbocycles. The van der Waals surface area contributed by atoms with Gasteiger partial charge in [-0.3, -0.25) is 0 Å². The van der Waals surface area contributed by atoms with E-state index in [1.54, 1.807) is 0 Å². The summed E-state index contributed by atoms with van der Waals surface area (Å²) in [6, 6.07) is 21.0. The number of anilines is 2. The molecular formula is C26H29N5O. The molecule has 2 aromatic heterocycles. The van der Waals surface area contributed by atoms with Crippen molar-refractivity contribution in [2.24, 2.45) is 0 Å². The molecule has 0 spiro atoms. The fraction of sp³-hybridized carbons (Fsp3) is 0.308. The van der Waals surface area contributed by atoms with Crippen LogP contribution in [0.1, 0.15) is 19.8 Å². The zero-order valence-corrected chi connectivity index (χ0v) is 18.5. The standard InChI is InChI=1S/C26H29N5O/c1-2-3-19-32-23-11-9-21(10-12-23)24-20-25-26(27-13-14-31(25)28-24)30-17-15-29(16-18-30)22-7-5-4-6-8-22/h4-14,20H,2-3,15-19H2,1H3. The van der Waals surface area contributed by atoms with Gasteiger partial charge in [0.1, 0.15) is 11.3 Å². The van der Waals surface area contributed by atoms with Crippen LogP contribution in [0, 0.1) is 0 Å². The summed E-state index contributed by atoms with van der Waals surface area (Å²) in [5.74, 6) is 1.91. The molecule has 5 rings (SSSR count). The molecule has 4 aromatic rings. The molecule has 164 valence electrons. The molecule has 1 aliphatic heterocycles. The van der Waals surface area contributed by atoms with Crippen LogP contribution in [0.15, 0.2) is 73.1 Å². The second-order valence-electron chi connectivity index (χ2n) is 8.15. The minimum absolute atomic E-state index is 0.761. The van der Waals surface area contributed by atoms with Crippen molar-refractivity contribution in [3.63, 3.8) is 0 Å². The highest BCUT2D eigenvalue weighted by molar-refractivity contribution is 5.75. The molecule has 0 atom stereocenters. The molecule has 0 saturated carbocycles. The van der Waals surface area contributed by atoms with Crippen molar-refractivity contribution in [2.75, 3.05) is 42.6 Å². The van der Waals surface area contributed by atoms with Crippen LogP contribution in [0.5, 0.6) is 5.75 Å². The van der Waals surface area contributed by atoms with Crippen LogP contribution >= 0.6 is 0 Å². The molecule has 1 aliphatic rings. The summed E-state index contributed by atoms with van der Waals surface area (Å²) in [5.41, 5.74) is 4.35. The minimum Gasteiger partial charge on any atom is -0.494 e. The number of rotatable bonds is 7. The summed E-state index contributed by atoms with van der Waals surface area (Å²) >= 11 is 0. The number of piperazine rings is 1.